The zero-order valence-electron chi connectivity index (χ0n) is 15.3. The van der Waals surface area contributed by atoms with Gasteiger partial charge in [-0.15, -0.1) is 0 Å². The van der Waals surface area contributed by atoms with E-state index in [1.807, 2.05) is 0 Å². The van der Waals surface area contributed by atoms with Gasteiger partial charge in [0.15, 0.2) is 0 Å². The van der Waals surface area contributed by atoms with E-state index < -0.39 is 12.2 Å². The molecule has 0 fully saturated rings. The van der Waals surface area contributed by atoms with Crippen LogP contribution in [0.5, 0.6) is 5.75 Å². The Morgan fingerprint density at radius 3 is 2.71 bits per heavy atom. The zero-order chi connectivity index (χ0) is 19.9. The fourth-order valence-electron chi connectivity index (χ4n) is 2.46. The van der Waals surface area contributed by atoms with Crippen LogP contribution in [0.4, 0.5) is 0 Å². The minimum Gasteiger partial charge on any atom is -0.491 e. The molecule has 0 aliphatic heterocycles. The lowest BCUT2D eigenvalue weighted by Crippen LogP contribution is -2.21. The number of imidazole rings is 1. The number of aliphatic hydroxyl groups is 3. The number of aromatic nitrogens is 3. The quantitative estimate of drug-likeness (QED) is 0.524. The van der Waals surface area contributed by atoms with E-state index in [0.29, 0.717) is 29.6 Å². The monoisotopic (exact) mass is 383 g/mol. The Bertz CT molecular complexity index is 950. The third-order valence-electron chi connectivity index (χ3n) is 3.85. The highest BCUT2D eigenvalue weighted by Crippen LogP contribution is 2.14. The normalized spacial score (nSPS) is 12.9. The predicted octanol–water partition coefficient (Wildman–Crippen LogP) is 1.10. The summed E-state index contributed by atoms with van der Waals surface area (Å²) in [6.45, 7) is 1.76. The van der Waals surface area contributed by atoms with Crippen LogP contribution in [0.3, 0.4) is 0 Å². The summed E-state index contributed by atoms with van der Waals surface area (Å²) in [7, 11) is 0. The summed E-state index contributed by atoms with van der Waals surface area (Å²) in [5.41, 5.74) is 1.44. The van der Waals surface area contributed by atoms with E-state index in [4.69, 9.17) is 14.4 Å². The summed E-state index contributed by atoms with van der Waals surface area (Å²) in [5.74, 6) is 7.46. The lowest BCUT2D eigenvalue weighted by atomic mass is 10.2. The fourth-order valence-corrected chi connectivity index (χ4v) is 2.46. The smallest absolute Gasteiger partial charge is 0.210 e. The number of aliphatic hydroxyl groups excluding tert-OH is 3. The second-order valence-electron chi connectivity index (χ2n) is 6.19. The number of rotatable bonds is 7. The molecule has 0 aliphatic rings. The molecule has 0 bridgehead atoms. The van der Waals surface area contributed by atoms with Gasteiger partial charge < -0.3 is 29.1 Å². The van der Waals surface area contributed by atoms with E-state index in [1.165, 1.54) is 0 Å². The van der Waals surface area contributed by atoms with Gasteiger partial charge in [0, 0.05) is 24.0 Å². The van der Waals surface area contributed by atoms with E-state index in [9.17, 15) is 10.2 Å². The first-order valence-electron chi connectivity index (χ1n) is 8.73. The molecular weight excluding hydrogens is 362 g/mol. The molecule has 8 heteroatoms. The van der Waals surface area contributed by atoms with Crippen LogP contribution in [0.15, 0.2) is 47.2 Å². The van der Waals surface area contributed by atoms with Crippen LogP contribution in [0, 0.1) is 11.8 Å². The first-order chi connectivity index (χ1) is 13.5. The van der Waals surface area contributed by atoms with Gasteiger partial charge in [0.25, 0.3) is 0 Å². The average molecular weight is 383 g/mol. The van der Waals surface area contributed by atoms with Gasteiger partial charge in [-0.3, -0.25) is 0 Å². The maximum Gasteiger partial charge on any atom is 0.210 e. The summed E-state index contributed by atoms with van der Waals surface area (Å²) in [6.07, 6.45) is 1.82. The first-order valence-corrected chi connectivity index (χ1v) is 8.73. The van der Waals surface area contributed by atoms with E-state index >= 15 is 0 Å². The van der Waals surface area contributed by atoms with Gasteiger partial charge in [-0.1, -0.05) is 11.1 Å². The van der Waals surface area contributed by atoms with Crippen LogP contribution in [-0.4, -0.2) is 49.3 Å². The van der Waals surface area contributed by atoms with Crippen LogP contribution in [0.2, 0.25) is 0 Å². The van der Waals surface area contributed by atoms with Crippen molar-refractivity contribution in [3.63, 3.8) is 0 Å². The summed E-state index contributed by atoms with van der Waals surface area (Å²) in [4.78, 5) is 4.12. The molecule has 0 aliphatic carbocycles. The van der Waals surface area contributed by atoms with E-state index in [1.54, 1.807) is 54.2 Å². The second-order valence-corrected chi connectivity index (χ2v) is 6.19. The predicted molar refractivity (Wildman–Crippen MR) is 99.5 cm³/mol. The van der Waals surface area contributed by atoms with Crippen LogP contribution in [0.25, 0.3) is 0 Å². The van der Waals surface area contributed by atoms with Gasteiger partial charge in [-0.05, 0) is 37.1 Å². The number of ether oxygens (including phenoxy) is 1. The second kappa shape index (κ2) is 9.19. The maximum atomic E-state index is 9.70. The molecule has 0 amide bonds. The molecule has 2 aromatic heterocycles. The number of nitrogens with zero attached hydrogens (tertiary/aromatic N) is 3. The first kappa shape index (κ1) is 19.6. The Hall–Kier alpha value is -3.12. The summed E-state index contributed by atoms with van der Waals surface area (Å²) >= 11 is 0. The van der Waals surface area contributed by atoms with Crippen molar-refractivity contribution in [1.29, 1.82) is 0 Å². The molecule has 2 heterocycles. The molecule has 0 saturated heterocycles. The van der Waals surface area contributed by atoms with Gasteiger partial charge in [0.2, 0.25) is 5.76 Å². The van der Waals surface area contributed by atoms with Gasteiger partial charge >= 0.3 is 0 Å². The van der Waals surface area contributed by atoms with Crippen LogP contribution in [-0.2, 0) is 6.54 Å². The molecule has 0 unspecified atom stereocenters. The van der Waals surface area contributed by atoms with Crippen molar-refractivity contribution in [3.05, 3.63) is 65.6 Å². The van der Waals surface area contributed by atoms with Gasteiger partial charge in [-0.25, -0.2) is 4.98 Å². The van der Waals surface area contributed by atoms with Crippen molar-refractivity contribution < 1.29 is 24.6 Å². The largest absolute Gasteiger partial charge is 0.491 e. The molecule has 0 radical (unpaired) electrons. The zero-order valence-corrected chi connectivity index (χ0v) is 15.3. The highest BCUT2D eigenvalue weighted by atomic mass is 16.5. The lowest BCUT2D eigenvalue weighted by molar-refractivity contribution is 0.0536. The molecule has 3 N–H and O–H groups in total. The highest BCUT2D eigenvalue weighted by Gasteiger charge is 2.11. The maximum absolute atomic E-state index is 9.70. The Kier molecular flexibility index (Phi) is 6.45. The van der Waals surface area contributed by atoms with Crippen molar-refractivity contribution in [3.8, 4) is 17.6 Å². The Morgan fingerprint density at radius 1 is 1.21 bits per heavy atom. The molecule has 3 rings (SSSR count). The summed E-state index contributed by atoms with van der Waals surface area (Å²) < 4.78 is 12.4. The topological polar surface area (TPSA) is 114 Å². The number of hydrogen-bond donors (Lipinski definition) is 3. The fraction of sp³-hybridized carbons (Fsp3) is 0.300. The summed E-state index contributed by atoms with van der Waals surface area (Å²) in [5, 5.41) is 31.7. The minimum atomic E-state index is -0.904. The van der Waals surface area contributed by atoms with Crippen LogP contribution in [0.1, 0.15) is 35.9 Å². The molecule has 28 heavy (non-hydrogen) atoms. The van der Waals surface area contributed by atoms with E-state index in [-0.39, 0.29) is 13.2 Å². The summed E-state index contributed by atoms with van der Waals surface area (Å²) in [6, 6.07) is 8.77. The van der Waals surface area contributed by atoms with Gasteiger partial charge in [0.05, 0.1) is 13.2 Å². The van der Waals surface area contributed by atoms with E-state index in [0.717, 1.165) is 5.56 Å². The molecule has 8 nitrogen and oxygen atoms in total. The van der Waals surface area contributed by atoms with Crippen molar-refractivity contribution >= 4 is 0 Å². The Labute approximate surface area is 162 Å². The third kappa shape index (κ3) is 5.20. The van der Waals surface area contributed by atoms with Gasteiger partial charge in [0.1, 0.15) is 36.1 Å². The Morgan fingerprint density at radius 2 is 2.00 bits per heavy atom. The third-order valence-corrected chi connectivity index (χ3v) is 3.85. The molecular formula is C20H21N3O5. The standard InChI is InChI=1S/C20H21N3O5/c1-14(25)20-21-8-9-23(20)11-16-10-19(28-22-16)7-4-15-2-5-18(6-3-15)27-13-17(26)12-24/h2-3,5-6,8-10,14,17,24-26H,11-13H2,1H3/t14-,17-/m0/s1. The van der Waals surface area contributed by atoms with Crippen molar-refractivity contribution in [1.82, 2.24) is 14.7 Å². The van der Waals surface area contributed by atoms with Crippen LogP contribution >= 0.6 is 0 Å². The van der Waals surface area contributed by atoms with Crippen molar-refractivity contribution in [2.75, 3.05) is 13.2 Å². The highest BCUT2D eigenvalue weighted by molar-refractivity contribution is 5.41. The molecule has 0 spiro atoms. The Balaban J connectivity index is 1.61. The van der Waals surface area contributed by atoms with Crippen molar-refractivity contribution in [2.45, 2.75) is 25.7 Å². The SMILES string of the molecule is C[C@H](O)c1nccn1Cc1cc(C#Cc2ccc(OC[C@@H](O)CO)cc2)on1. The van der Waals surface area contributed by atoms with Gasteiger partial charge in [-0.2, -0.15) is 0 Å². The molecule has 146 valence electrons. The average Bonchev–Trinajstić information content (AvgIpc) is 3.35. The molecule has 3 aromatic rings. The van der Waals surface area contributed by atoms with Crippen LogP contribution < -0.4 is 4.74 Å². The number of hydrogen-bond acceptors (Lipinski definition) is 7. The molecule has 2 atom stereocenters. The van der Waals surface area contributed by atoms with E-state index in [2.05, 4.69) is 22.0 Å². The molecule has 1 aromatic carbocycles. The minimum absolute atomic E-state index is 0.0239. The van der Waals surface area contributed by atoms with Crippen molar-refractivity contribution in [2.24, 2.45) is 0 Å². The molecule has 0 saturated carbocycles. The number of benzene rings is 1. The lowest BCUT2D eigenvalue weighted by Gasteiger charge is -2.09.